The molecule has 2 rings (SSSR count). The smallest absolute Gasteiger partial charge is 0.357 e. The number of aromatic carboxylic acids is 1. The van der Waals surface area contributed by atoms with Crippen LogP contribution in [0.3, 0.4) is 0 Å². The summed E-state index contributed by atoms with van der Waals surface area (Å²) in [5, 5.41) is 11.7. The number of anilines is 1. The van der Waals surface area contributed by atoms with Crippen molar-refractivity contribution in [1.82, 2.24) is 9.88 Å². The van der Waals surface area contributed by atoms with Gasteiger partial charge in [0.2, 0.25) is 0 Å². The Bertz CT molecular complexity index is 391. The highest BCUT2D eigenvalue weighted by atomic mass is 16.4. The van der Waals surface area contributed by atoms with E-state index in [1.165, 1.54) is 12.8 Å². The fourth-order valence-corrected chi connectivity index (χ4v) is 2.12. The summed E-state index contributed by atoms with van der Waals surface area (Å²) in [6, 6.07) is 0.288. The lowest BCUT2D eigenvalue weighted by molar-refractivity contribution is 0.0690. The molecule has 1 aliphatic rings. The lowest BCUT2D eigenvalue weighted by Crippen LogP contribution is -2.35. The van der Waals surface area contributed by atoms with Crippen LogP contribution in [0.25, 0.3) is 0 Å². The van der Waals surface area contributed by atoms with Crippen molar-refractivity contribution in [3.05, 3.63) is 12.0 Å². The van der Waals surface area contributed by atoms with Crippen LogP contribution >= 0.6 is 0 Å². The fourth-order valence-electron chi connectivity index (χ4n) is 2.12. The lowest BCUT2D eigenvalue weighted by atomic mass is 9.99. The van der Waals surface area contributed by atoms with Crippen LogP contribution in [0, 0.1) is 5.92 Å². The minimum Gasteiger partial charge on any atom is -0.476 e. The second kappa shape index (κ2) is 5.18. The van der Waals surface area contributed by atoms with Gasteiger partial charge in [-0.15, -0.1) is 0 Å². The van der Waals surface area contributed by atoms with Crippen LogP contribution in [-0.2, 0) is 0 Å². The molecule has 0 amide bonds. The predicted molar refractivity (Wildman–Crippen MR) is 62.2 cm³/mol. The third-order valence-corrected chi connectivity index (χ3v) is 2.99. The zero-order valence-electron chi connectivity index (χ0n) is 9.85. The normalized spacial score (nSPS) is 21.4. The van der Waals surface area contributed by atoms with E-state index in [4.69, 9.17) is 9.52 Å². The molecule has 0 aliphatic carbocycles. The van der Waals surface area contributed by atoms with Gasteiger partial charge in [-0.2, -0.15) is 4.98 Å². The quantitative estimate of drug-likeness (QED) is 0.820. The summed E-state index contributed by atoms with van der Waals surface area (Å²) in [5.74, 6) is -0.506. The van der Waals surface area contributed by atoms with Crippen LogP contribution in [0.2, 0.25) is 0 Å². The van der Waals surface area contributed by atoms with Crippen molar-refractivity contribution in [1.29, 1.82) is 0 Å². The topological polar surface area (TPSA) is 78.6 Å². The number of likely N-dealkylation sites (tertiary alicyclic amines) is 1. The minimum absolute atomic E-state index is 0.0618. The Balaban J connectivity index is 1.82. The van der Waals surface area contributed by atoms with Gasteiger partial charge in [0.05, 0.1) is 0 Å². The molecule has 6 nitrogen and oxygen atoms in total. The van der Waals surface area contributed by atoms with Crippen LogP contribution in [0.4, 0.5) is 6.01 Å². The van der Waals surface area contributed by atoms with E-state index in [-0.39, 0.29) is 11.7 Å². The van der Waals surface area contributed by atoms with Crippen molar-refractivity contribution in [2.45, 2.75) is 12.8 Å². The highest BCUT2D eigenvalue weighted by molar-refractivity contribution is 5.85. The maximum Gasteiger partial charge on any atom is 0.357 e. The monoisotopic (exact) mass is 239 g/mol. The molecule has 1 aromatic rings. The van der Waals surface area contributed by atoms with Crippen molar-refractivity contribution in [2.75, 3.05) is 32.0 Å². The molecule has 94 valence electrons. The molecule has 0 aromatic carbocycles. The first-order chi connectivity index (χ1) is 8.15. The van der Waals surface area contributed by atoms with E-state index in [0.29, 0.717) is 5.92 Å². The SMILES string of the molecule is CN1CCCC(CNc2nc(C(=O)O)co2)C1. The zero-order valence-corrected chi connectivity index (χ0v) is 9.85. The second-order valence-electron chi connectivity index (χ2n) is 4.49. The number of carboxylic acids is 1. The summed E-state index contributed by atoms with van der Waals surface area (Å²) >= 11 is 0. The molecule has 0 bridgehead atoms. The molecule has 0 radical (unpaired) electrons. The third-order valence-electron chi connectivity index (χ3n) is 2.99. The van der Waals surface area contributed by atoms with Crippen molar-refractivity contribution in [3.63, 3.8) is 0 Å². The van der Waals surface area contributed by atoms with Crippen molar-refractivity contribution < 1.29 is 14.3 Å². The minimum atomic E-state index is -1.07. The molecule has 6 heteroatoms. The molecule has 1 aromatic heterocycles. The van der Waals surface area contributed by atoms with E-state index < -0.39 is 5.97 Å². The number of oxazole rings is 1. The Kier molecular flexibility index (Phi) is 3.63. The summed E-state index contributed by atoms with van der Waals surface area (Å²) in [6.45, 7) is 2.97. The first kappa shape index (κ1) is 11.9. The van der Waals surface area contributed by atoms with Crippen molar-refractivity contribution in [3.8, 4) is 0 Å². The van der Waals surface area contributed by atoms with Gasteiger partial charge in [0.1, 0.15) is 6.26 Å². The number of carbonyl (C=O) groups is 1. The number of rotatable bonds is 4. The van der Waals surface area contributed by atoms with Crippen LogP contribution in [0.5, 0.6) is 0 Å². The van der Waals surface area contributed by atoms with E-state index in [9.17, 15) is 4.79 Å². The molecule has 0 spiro atoms. The van der Waals surface area contributed by atoms with Gasteiger partial charge in [-0.05, 0) is 32.4 Å². The number of nitrogens with one attached hydrogen (secondary N) is 1. The molecular formula is C11H17N3O3. The van der Waals surface area contributed by atoms with Gasteiger partial charge >= 0.3 is 5.97 Å². The van der Waals surface area contributed by atoms with Gasteiger partial charge < -0.3 is 19.7 Å². The number of hydrogen-bond donors (Lipinski definition) is 2. The molecule has 17 heavy (non-hydrogen) atoms. The first-order valence-corrected chi connectivity index (χ1v) is 5.76. The van der Waals surface area contributed by atoms with Gasteiger partial charge in [0, 0.05) is 13.1 Å². The Morgan fingerprint density at radius 2 is 2.59 bits per heavy atom. The van der Waals surface area contributed by atoms with Gasteiger partial charge in [-0.25, -0.2) is 4.79 Å². The van der Waals surface area contributed by atoms with E-state index in [0.717, 1.165) is 25.9 Å². The molecule has 2 heterocycles. The average molecular weight is 239 g/mol. The Hall–Kier alpha value is -1.56. The van der Waals surface area contributed by atoms with Crippen LogP contribution in [-0.4, -0.2) is 47.6 Å². The van der Waals surface area contributed by atoms with E-state index >= 15 is 0 Å². The largest absolute Gasteiger partial charge is 0.476 e. The number of hydrogen-bond acceptors (Lipinski definition) is 5. The van der Waals surface area contributed by atoms with Gasteiger partial charge in [0.25, 0.3) is 6.01 Å². The fraction of sp³-hybridized carbons (Fsp3) is 0.636. The van der Waals surface area contributed by atoms with Crippen LogP contribution < -0.4 is 5.32 Å². The Morgan fingerprint density at radius 1 is 1.76 bits per heavy atom. The molecule has 0 saturated carbocycles. The highest BCUT2D eigenvalue weighted by Crippen LogP contribution is 2.16. The number of carboxylic acid groups (broad SMARTS) is 1. The molecule has 1 aliphatic heterocycles. The standard InChI is InChI=1S/C11H17N3O3/c1-14-4-2-3-8(6-14)5-12-11-13-9(7-17-11)10(15)16/h7-8H,2-6H2,1H3,(H,12,13)(H,15,16). The van der Waals surface area contributed by atoms with E-state index in [1.807, 2.05) is 0 Å². The summed E-state index contributed by atoms with van der Waals surface area (Å²) < 4.78 is 5.03. The summed E-state index contributed by atoms with van der Waals surface area (Å²) in [4.78, 5) is 16.7. The molecular weight excluding hydrogens is 222 g/mol. The average Bonchev–Trinajstić information content (AvgIpc) is 2.75. The van der Waals surface area contributed by atoms with Crippen molar-refractivity contribution in [2.24, 2.45) is 5.92 Å². The second-order valence-corrected chi connectivity index (χ2v) is 4.49. The van der Waals surface area contributed by atoms with E-state index in [1.54, 1.807) is 0 Å². The molecule has 1 atom stereocenters. The first-order valence-electron chi connectivity index (χ1n) is 5.76. The van der Waals surface area contributed by atoms with Crippen LogP contribution in [0.15, 0.2) is 10.7 Å². The van der Waals surface area contributed by atoms with Crippen LogP contribution in [0.1, 0.15) is 23.3 Å². The molecule has 1 saturated heterocycles. The maximum absolute atomic E-state index is 10.6. The molecule has 1 unspecified atom stereocenters. The third kappa shape index (κ3) is 3.20. The zero-order chi connectivity index (χ0) is 12.3. The molecule has 2 N–H and O–H groups in total. The van der Waals surface area contributed by atoms with Gasteiger partial charge in [0.15, 0.2) is 5.69 Å². The van der Waals surface area contributed by atoms with Gasteiger partial charge in [-0.1, -0.05) is 0 Å². The maximum atomic E-state index is 10.6. The highest BCUT2D eigenvalue weighted by Gasteiger charge is 2.18. The molecule has 1 fully saturated rings. The van der Waals surface area contributed by atoms with Crippen molar-refractivity contribution >= 4 is 12.0 Å². The van der Waals surface area contributed by atoms with Gasteiger partial charge in [-0.3, -0.25) is 0 Å². The number of aromatic nitrogens is 1. The Morgan fingerprint density at radius 3 is 3.24 bits per heavy atom. The van der Waals surface area contributed by atoms with E-state index in [2.05, 4.69) is 22.2 Å². The number of piperidine rings is 1. The summed E-state index contributed by atoms with van der Waals surface area (Å²) in [7, 11) is 2.11. The number of nitrogens with zero attached hydrogens (tertiary/aromatic N) is 2. The predicted octanol–water partition coefficient (Wildman–Crippen LogP) is 1.13. The lowest BCUT2D eigenvalue weighted by Gasteiger charge is -2.29. The Labute approximate surface area is 99.6 Å². The summed E-state index contributed by atoms with van der Waals surface area (Å²) in [6.07, 6.45) is 3.54. The summed E-state index contributed by atoms with van der Waals surface area (Å²) in [5.41, 5.74) is -0.0618.